The summed E-state index contributed by atoms with van der Waals surface area (Å²) in [5, 5.41) is 0. The fraction of sp³-hybridized carbons (Fsp3) is 0.538. The topological polar surface area (TPSA) is 35.2 Å². The lowest BCUT2D eigenvalue weighted by Gasteiger charge is -2.34. The molecular formula is C13H16F3NO. The van der Waals surface area contributed by atoms with Gasteiger partial charge in [-0.05, 0) is 25.0 Å². The number of nitrogens with two attached hydrogens (primary N) is 1. The molecule has 0 saturated heterocycles. The van der Waals surface area contributed by atoms with Crippen LogP contribution < -0.4 is 10.5 Å². The van der Waals surface area contributed by atoms with E-state index in [0.29, 0.717) is 12.8 Å². The summed E-state index contributed by atoms with van der Waals surface area (Å²) in [6, 6.07) is 5.21. The Bertz CT molecular complexity index is 411. The summed E-state index contributed by atoms with van der Waals surface area (Å²) in [7, 11) is 0. The molecule has 1 aliphatic carbocycles. The highest BCUT2D eigenvalue weighted by Gasteiger charge is 2.37. The molecule has 1 saturated carbocycles. The molecule has 1 fully saturated rings. The van der Waals surface area contributed by atoms with Gasteiger partial charge in [-0.15, -0.1) is 0 Å². The van der Waals surface area contributed by atoms with Gasteiger partial charge in [-0.1, -0.05) is 18.6 Å². The van der Waals surface area contributed by atoms with Crippen LogP contribution in [0.3, 0.4) is 0 Å². The number of hydrogen-bond acceptors (Lipinski definition) is 2. The van der Waals surface area contributed by atoms with Crippen LogP contribution in [-0.2, 0) is 6.18 Å². The number of rotatable bonds is 2. The minimum absolute atomic E-state index is 0.172. The molecule has 18 heavy (non-hydrogen) atoms. The molecule has 0 aliphatic heterocycles. The van der Waals surface area contributed by atoms with Crippen molar-refractivity contribution in [3.8, 4) is 5.75 Å². The van der Waals surface area contributed by atoms with E-state index >= 15 is 0 Å². The molecule has 0 heterocycles. The van der Waals surface area contributed by atoms with Crippen LogP contribution >= 0.6 is 0 Å². The highest BCUT2D eigenvalue weighted by Crippen LogP contribution is 2.38. The molecule has 0 atom stereocenters. The Labute approximate surface area is 104 Å². The second-order valence-electron chi connectivity index (χ2n) is 4.72. The van der Waals surface area contributed by atoms with E-state index in [4.69, 9.17) is 10.5 Å². The van der Waals surface area contributed by atoms with E-state index in [1.165, 1.54) is 18.2 Å². The van der Waals surface area contributed by atoms with Gasteiger partial charge in [0.15, 0.2) is 5.72 Å². The van der Waals surface area contributed by atoms with Crippen LogP contribution in [-0.4, -0.2) is 5.72 Å². The van der Waals surface area contributed by atoms with Crippen molar-refractivity contribution in [2.24, 2.45) is 5.73 Å². The Morgan fingerprint density at radius 2 is 1.67 bits per heavy atom. The molecule has 0 amide bonds. The van der Waals surface area contributed by atoms with Gasteiger partial charge in [0, 0.05) is 12.8 Å². The maximum atomic E-state index is 12.8. The average molecular weight is 259 g/mol. The summed E-state index contributed by atoms with van der Waals surface area (Å²) >= 11 is 0. The first-order valence-electron chi connectivity index (χ1n) is 6.05. The van der Waals surface area contributed by atoms with Gasteiger partial charge in [-0.3, -0.25) is 5.73 Å². The van der Waals surface area contributed by atoms with Gasteiger partial charge in [0.1, 0.15) is 5.75 Å². The lowest BCUT2D eigenvalue weighted by molar-refractivity contribution is -0.140. The molecule has 2 N–H and O–H groups in total. The fourth-order valence-electron chi connectivity index (χ4n) is 2.26. The van der Waals surface area contributed by atoms with Crippen molar-refractivity contribution in [2.45, 2.75) is 44.0 Å². The lowest BCUT2D eigenvalue weighted by atomic mass is 9.92. The molecule has 0 spiro atoms. The van der Waals surface area contributed by atoms with Crippen molar-refractivity contribution in [3.05, 3.63) is 29.8 Å². The molecule has 5 heteroatoms. The minimum atomic E-state index is -4.42. The van der Waals surface area contributed by atoms with Gasteiger partial charge in [0.05, 0.1) is 5.56 Å². The first-order valence-corrected chi connectivity index (χ1v) is 6.05. The zero-order valence-corrected chi connectivity index (χ0v) is 9.96. The van der Waals surface area contributed by atoms with Crippen molar-refractivity contribution >= 4 is 0 Å². The SMILES string of the molecule is NC1(Oc2ccccc2C(F)(F)F)CCCCC1. The number of ether oxygens (including phenoxy) is 1. The summed E-state index contributed by atoms with van der Waals surface area (Å²) < 4.78 is 43.9. The van der Waals surface area contributed by atoms with Gasteiger partial charge in [0.2, 0.25) is 0 Å². The van der Waals surface area contributed by atoms with Crippen LogP contribution in [0.2, 0.25) is 0 Å². The predicted molar refractivity (Wildman–Crippen MR) is 62.1 cm³/mol. The van der Waals surface area contributed by atoms with Crippen molar-refractivity contribution in [3.63, 3.8) is 0 Å². The average Bonchev–Trinajstić information content (AvgIpc) is 2.28. The molecule has 100 valence electrons. The second kappa shape index (κ2) is 4.80. The molecule has 1 aliphatic rings. The quantitative estimate of drug-likeness (QED) is 0.822. The van der Waals surface area contributed by atoms with Crippen LogP contribution in [0.15, 0.2) is 24.3 Å². The Hall–Kier alpha value is -1.23. The predicted octanol–water partition coefficient (Wildman–Crippen LogP) is 3.70. The van der Waals surface area contributed by atoms with E-state index in [1.807, 2.05) is 0 Å². The molecular weight excluding hydrogens is 243 g/mol. The summed E-state index contributed by atoms with van der Waals surface area (Å²) in [4.78, 5) is 0. The van der Waals surface area contributed by atoms with E-state index in [1.54, 1.807) is 0 Å². The lowest BCUT2D eigenvalue weighted by Crippen LogP contribution is -2.47. The zero-order valence-electron chi connectivity index (χ0n) is 9.96. The van der Waals surface area contributed by atoms with Crippen molar-refractivity contribution in [1.82, 2.24) is 0 Å². The van der Waals surface area contributed by atoms with Gasteiger partial charge in [0.25, 0.3) is 0 Å². The van der Waals surface area contributed by atoms with Crippen LogP contribution in [0.4, 0.5) is 13.2 Å². The summed E-state index contributed by atoms with van der Waals surface area (Å²) in [6.45, 7) is 0. The summed E-state index contributed by atoms with van der Waals surface area (Å²) in [5.41, 5.74) is 4.29. The Morgan fingerprint density at radius 3 is 2.28 bits per heavy atom. The highest BCUT2D eigenvalue weighted by molar-refractivity contribution is 5.36. The molecule has 2 nitrogen and oxygen atoms in total. The van der Waals surface area contributed by atoms with Crippen molar-refractivity contribution in [1.29, 1.82) is 0 Å². The van der Waals surface area contributed by atoms with Crippen LogP contribution in [0.25, 0.3) is 0 Å². The first-order chi connectivity index (χ1) is 8.41. The monoisotopic (exact) mass is 259 g/mol. The Kier molecular flexibility index (Phi) is 3.52. The van der Waals surface area contributed by atoms with E-state index in [2.05, 4.69) is 0 Å². The molecule has 1 aromatic rings. The Morgan fingerprint density at radius 1 is 1.06 bits per heavy atom. The van der Waals surface area contributed by atoms with E-state index in [0.717, 1.165) is 25.3 Å². The highest BCUT2D eigenvalue weighted by atomic mass is 19.4. The third-order valence-corrected chi connectivity index (χ3v) is 3.21. The van der Waals surface area contributed by atoms with E-state index < -0.39 is 17.5 Å². The molecule has 2 rings (SSSR count). The van der Waals surface area contributed by atoms with Gasteiger partial charge in [-0.25, -0.2) is 0 Å². The maximum Gasteiger partial charge on any atom is 0.419 e. The first kappa shape index (κ1) is 13.2. The van der Waals surface area contributed by atoms with Gasteiger partial charge < -0.3 is 4.74 Å². The largest absolute Gasteiger partial charge is 0.472 e. The third kappa shape index (κ3) is 2.96. The summed E-state index contributed by atoms with van der Waals surface area (Å²) in [5.74, 6) is -0.172. The van der Waals surface area contributed by atoms with Gasteiger partial charge in [-0.2, -0.15) is 13.2 Å². The molecule has 0 bridgehead atoms. The fourth-order valence-corrected chi connectivity index (χ4v) is 2.26. The number of para-hydroxylation sites is 1. The van der Waals surface area contributed by atoms with Crippen molar-refractivity contribution in [2.75, 3.05) is 0 Å². The number of benzene rings is 1. The minimum Gasteiger partial charge on any atom is -0.472 e. The summed E-state index contributed by atoms with van der Waals surface area (Å²) in [6.07, 6.45) is -0.376. The third-order valence-electron chi connectivity index (χ3n) is 3.21. The van der Waals surface area contributed by atoms with E-state index in [9.17, 15) is 13.2 Å². The van der Waals surface area contributed by atoms with Crippen molar-refractivity contribution < 1.29 is 17.9 Å². The molecule has 0 unspecified atom stereocenters. The smallest absolute Gasteiger partial charge is 0.419 e. The number of halogens is 3. The molecule has 0 aromatic heterocycles. The second-order valence-corrected chi connectivity index (χ2v) is 4.72. The van der Waals surface area contributed by atoms with Crippen LogP contribution in [0, 0.1) is 0 Å². The number of alkyl halides is 3. The standard InChI is InChI=1S/C13H16F3NO/c14-13(15,16)10-6-2-3-7-11(10)18-12(17)8-4-1-5-9-12/h2-3,6-7H,1,4-5,8-9,17H2. The Balaban J connectivity index is 2.23. The normalized spacial score (nSPS) is 19.6. The molecule has 0 radical (unpaired) electrons. The van der Waals surface area contributed by atoms with Crippen LogP contribution in [0.1, 0.15) is 37.7 Å². The maximum absolute atomic E-state index is 12.8. The van der Waals surface area contributed by atoms with E-state index in [-0.39, 0.29) is 5.75 Å². The zero-order chi connectivity index (χ0) is 13.2. The van der Waals surface area contributed by atoms with Crippen LogP contribution in [0.5, 0.6) is 5.75 Å². The van der Waals surface area contributed by atoms with Gasteiger partial charge >= 0.3 is 6.18 Å². The molecule has 1 aromatic carbocycles. The number of hydrogen-bond donors (Lipinski definition) is 1.